The fourth-order valence-electron chi connectivity index (χ4n) is 1.83. The number of nitrogens with zero attached hydrogens (tertiary/aromatic N) is 1. The van der Waals surface area contributed by atoms with Crippen LogP contribution in [0.25, 0.3) is 0 Å². The van der Waals surface area contributed by atoms with Crippen molar-refractivity contribution in [3.05, 3.63) is 30.3 Å². The Bertz CT molecular complexity index is 435. The van der Waals surface area contributed by atoms with Gasteiger partial charge < -0.3 is 15.8 Å². The van der Waals surface area contributed by atoms with E-state index in [4.69, 9.17) is 10.5 Å². The fraction of sp³-hybridized carbons (Fsp3) is 0.333. The average Bonchev–Trinajstić information content (AvgIpc) is 2.40. The SMILES string of the molecule is NC(=O)C1CNCCN1C(=O)Oc1ccccc1. The molecule has 0 aromatic heterocycles. The second-order valence-corrected chi connectivity index (χ2v) is 4.00. The molecule has 2 amide bonds. The zero-order valence-electron chi connectivity index (χ0n) is 9.83. The summed E-state index contributed by atoms with van der Waals surface area (Å²) in [6.45, 7) is 1.38. The van der Waals surface area contributed by atoms with Crippen LogP contribution in [0.4, 0.5) is 4.79 Å². The van der Waals surface area contributed by atoms with Crippen LogP contribution >= 0.6 is 0 Å². The lowest BCUT2D eigenvalue weighted by molar-refractivity contribution is -0.123. The van der Waals surface area contributed by atoms with E-state index in [2.05, 4.69) is 5.32 Å². The molecule has 0 radical (unpaired) electrons. The van der Waals surface area contributed by atoms with Crippen LogP contribution in [0.15, 0.2) is 30.3 Å². The molecule has 18 heavy (non-hydrogen) atoms. The van der Waals surface area contributed by atoms with Gasteiger partial charge in [-0.05, 0) is 12.1 Å². The number of primary amides is 1. The van der Waals surface area contributed by atoms with Crippen LogP contribution in [-0.4, -0.2) is 42.6 Å². The van der Waals surface area contributed by atoms with Crippen molar-refractivity contribution in [2.75, 3.05) is 19.6 Å². The Balaban J connectivity index is 2.05. The van der Waals surface area contributed by atoms with Crippen molar-refractivity contribution < 1.29 is 14.3 Å². The van der Waals surface area contributed by atoms with E-state index in [0.717, 1.165) is 0 Å². The summed E-state index contributed by atoms with van der Waals surface area (Å²) in [6.07, 6.45) is -0.550. The molecule has 1 aliphatic rings. The van der Waals surface area contributed by atoms with Crippen LogP contribution in [0.1, 0.15) is 0 Å². The van der Waals surface area contributed by atoms with Gasteiger partial charge in [-0.2, -0.15) is 0 Å². The van der Waals surface area contributed by atoms with Gasteiger partial charge in [0.15, 0.2) is 0 Å². The smallest absolute Gasteiger partial charge is 0.410 e. The van der Waals surface area contributed by atoms with Gasteiger partial charge in [-0.15, -0.1) is 0 Å². The van der Waals surface area contributed by atoms with Gasteiger partial charge in [0.1, 0.15) is 11.8 Å². The third kappa shape index (κ3) is 2.78. The number of hydrogen-bond acceptors (Lipinski definition) is 4. The van der Waals surface area contributed by atoms with Gasteiger partial charge >= 0.3 is 6.09 Å². The molecule has 2 rings (SSSR count). The van der Waals surface area contributed by atoms with Crippen molar-refractivity contribution in [3.8, 4) is 5.75 Å². The van der Waals surface area contributed by atoms with Crippen LogP contribution in [-0.2, 0) is 4.79 Å². The summed E-state index contributed by atoms with van der Waals surface area (Å²) in [5.74, 6) is -0.0866. The number of amides is 2. The average molecular weight is 249 g/mol. The number of hydrogen-bond donors (Lipinski definition) is 2. The minimum absolute atomic E-state index is 0.360. The lowest BCUT2D eigenvalue weighted by Gasteiger charge is -2.33. The van der Waals surface area contributed by atoms with Crippen molar-refractivity contribution in [1.29, 1.82) is 0 Å². The van der Waals surface area contributed by atoms with Gasteiger partial charge in [0.25, 0.3) is 0 Å². The summed E-state index contributed by atoms with van der Waals surface area (Å²) in [6, 6.07) is 8.07. The first-order valence-electron chi connectivity index (χ1n) is 5.72. The van der Waals surface area contributed by atoms with E-state index < -0.39 is 18.0 Å². The second-order valence-electron chi connectivity index (χ2n) is 4.00. The van der Waals surface area contributed by atoms with Crippen LogP contribution < -0.4 is 15.8 Å². The lowest BCUT2D eigenvalue weighted by Crippen LogP contribution is -2.59. The van der Waals surface area contributed by atoms with Gasteiger partial charge in [-0.25, -0.2) is 4.79 Å². The minimum Gasteiger partial charge on any atom is -0.410 e. The Morgan fingerprint density at radius 3 is 2.72 bits per heavy atom. The highest BCUT2D eigenvalue weighted by atomic mass is 16.6. The van der Waals surface area contributed by atoms with E-state index in [1.54, 1.807) is 24.3 Å². The number of benzene rings is 1. The Kier molecular flexibility index (Phi) is 3.78. The molecule has 1 aliphatic heterocycles. The maximum atomic E-state index is 12.0. The molecule has 0 spiro atoms. The van der Waals surface area contributed by atoms with Crippen LogP contribution in [0.2, 0.25) is 0 Å². The summed E-state index contributed by atoms with van der Waals surface area (Å²) in [4.78, 5) is 24.6. The number of piperazine rings is 1. The van der Waals surface area contributed by atoms with Crippen LogP contribution in [0.5, 0.6) is 5.75 Å². The molecule has 3 N–H and O–H groups in total. The van der Waals surface area contributed by atoms with Gasteiger partial charge in [0.2, 0.25) is 5.91 Å². The largest absolute Gasteiger partial charge is 0.416 e. The molecule has 1 heterocycles. The van der Waals surface area contributed by atoms with Crippen LogP contribution in [0.3, 0.4) is 0 Å². The molecule has 1 saturated heterocycles. The summed E-state index contributed by atoms with van der Waals surface area (Å²) in [5, 5.41) is 3.01. The summed E-state index contributed by atoms with van der Waals surface area (Å²) in [7, 11) is 0. The predicted molar refractivity (Wildman–Crippen MR) is 65.0 cm³/mol. The normalized spacial score (nSPS) is 19.3. The van der Waals surface area contributed by atoms with Crippen molar-refractivity contribution in [3.63, 3.8) is 0 Å². The molecule has 1 atom stereocenters. The Hall–Kier alpha value is -2.08. The summed E-state index contributed by atoms with van der Waals surface area (Å²) < 4.78 is 5.19. The summed E-state index contributed by atoms with van der Waals surface area (Å²) >= 11 is 0. The Morgan fingerprint density at radius 2 is 2.06 bits per heavy atom. The molecule has 1 aromatic rings. The first-order valence-corrected chi connectivity index (χ1v) is 5.72. The van der Waals surface area contributed by atoms with E-state index in [9.17, 15) is 9.59 Å². The third-order valence-corrected chi connectivity index (χ3v) is 2.75. The highest BCUT2D eigenvalue weighted by molar-refractivity contribution is 5.85. The molecular formula is C12H15N3O3. The Labute approximate surface area is 105 Å². The van der Waals surface area contributed by atoms with Gasteiger partial charge in [0, 0.05) is 19.6 Å². The number of para-hydroxylation sites is 1. The second kappa shape index (κ2) is 5.50. The number of nitrogens with one attached hydrogen (secondary N) is 1. The first kappa shape index (κ1) is 12.4. The minimum atomic E-state index is -0.657. The van der Waals surface area contributed by atoms with Crippen molar-refractivity contribution >= 4 is 12.0 Å². The molecule has 1 fully saturated rings. The monoisotopic (exact) mass is 249 g/mol. The number of rotatable bonds is 2. The van der Waals surface area contributed by atoms with Gasteiger partial charge in [0.05, 0.1) is 0 Å². The number of carbonyl (C=O) groups is 2. The standard InChI is InChI=1S/C12H15N3O3/c13-11(16)10-8-14-6-7-15(10)12(17)18-9-4-2-1-3-5-9/h1-5,10,14H,6-8H2,(H2,13,16). The molecule has 6 nitrogen and oxygen atoms in total. The number of ether oxygens (including phenoxy) is 1. The van der Waals surface area contributed by atoms with Gasteiger partial charge in [-0.1, -0.05) is 18.2 Å². The zero-order chi connectivity index (χ0) is 13.0. The Morgan fingerprint density at radius 1 is 1.33 bits per heavy atom. The van der Waals surface area contributed by atoms with Crippen molar-refractivity contribution in [2.45, 2.75) is 6.04 Å². The number of carbonyl (C=O) groups excluding carboxylic acids is 2. The predicted octanol–water partition coefficient (Wildman–Crippen LogP) is -0.0555. The fourth-order valence-corrected chi connectivity index (χ4v) is 1.83. The zero-order valence-corrected chi connectivity index (χ0v) is 9.83. The highest BCUT2D eigenvalue weighted by Gasteiger charge is 2.31. The molecule has 0 aliphatic carbocycles. The van der Waals surface area contributed by atoms with E-state index in [1.165, 1.54) is 4.90 Å². The molecular weight excluding hydrogens is 234 g/mol. The van der Waals surface area contributed by atoms with Crippen molar-refractivity contribution in [1.82, 2.24) is 10.2 Å². The van der Waals surface area contributed by atoms with Crippen molar-refractivity contribution in [2.24, 2.45) is 5.73 Å². The maximum absolute atomic E-state index is 12.0. The maximum Gasteiger partial charge on any atom is 0.416 e. The molecule has 0 saturated carbocycles. The number of nitrogens with two attached hydrogens (primary N) is 1. The lowest BCUT2D eigenvalue weighted by atomic mass is 10.2. The molecule has 1 aromatic carbocycles. The molecule has 6 heteroatoms. The van der Waals surface area contributed by atoms with E-state index in [-0.39, 0.29) is 0 Å². The highest BCUT2D eigenvalue weighted by Crippen LogP contribution is 2.12. The van der Waals surface area contributed by atoms with Gasteiger partial charge in [-0.3, -0.25) is 9.69 Å². The topological polar surface area (TPSA) is 84.7 Å². The molecule has 96 valence electrons. The van der Waals surface area contributed by atoms with E-state index >= 15 is 0 Å². The molecule has 0 bridgehead atoms. The molecule has 1 unspecified atom stereocenters. The third-order valence-electron chi connectivity index (χ3n) is 2.75. The first-order chi connectivity index (χ1) is 8.68. The summed E-state index contributed by atoms with van der Waals surface area (Å²) in [5.41, 5.74) is 5.26. The van der Waals surface area contributed by atoms with E-state index in [1.807, 2.05) is 6.07 Å². The van der Waals surface area contributed by atoms with E-state index in [0.29, 0.717) is 25.4 Å². The quantitative estimate of drug-likeness (QED) is 0.769. The van der Waals surface area contributed by atoms with Crippen LogP contribution in [0, 0.1) is 0 Å².